The van der Waals surface area contributed by atoms with Gasteiger partial charge >= 0.3 is 0 Å². The number of Topliss-reactive ketones (excluding diaryl/α,β-unsaturated/α-hetero) is 1. The number of benzene rings is 1. The fraction of sp³-hybridized carbons (Fsp3) is 0.417. The van der Waals surface area contributed by atoms with E-state index in [1.54, 1.807) is 12.1 Å². The van der Waals surface area contributed by atoms with E-state index in [9.17, 15) is 9.18 Å². The van der Waals surface area contributed by atoms with Crippen LogP contribution in [0.15, 0.2) is 22.7 Å². The van der Waals surface area contributed by atoms with Crippen LogP contribution in [-0.2, 0) is 11.3 Å². The standard InChI is InChI=1S/C12H13BrFNO/c13-10-1-2-12(14)9(7-10)8-15-5-3-11(16)4-6-15/h1-2,7H,3-6,8H2. The van der Waals surface area contributed by atoms with Crippen molar-refractivity contribution in [2.45, 2.75) is 19.4 Å². The van der Waals surface area contributed by atoms with Gasteiger partial charge in [0, 0.05) is 42.5 Å². The zero-order chi connectivity index (χ0) is 11.5. The summed E-state index contributed by atoms with van der Waals surface area (Å²) in [4.78, 5) is 13.2. The van der Waals surface area contributed by atoms with Gasteiger partial charge in [-0.2, -0.15) is 0 Å². The second kappa shape index (κ2) is 5.06. The van der Waals surface area contributed by atoms with E-state index < -0.39 is 0 Å². The summed E-state index contributed by atoms with van der Waals surface area (Å²) < 4.78 is 14.4. The third kappa shape index (κ3) is 2.89. The van der Waals surface area contributed by atoms with Gasteiger partial charge in [-0.05, 0) is 18.2 Å². The SMILES string of the molecule is O=C1CCN(Cc2cc(Br)ccc2F)CC1. The average Bonchev–Trinajstić information content (AvgIpc) is 2.27. The van der Waals surface area contributed by atoms with Crippen molar-refractivity contribution in [1.82, 2.24) is 4.90 Å². The predicted octanol–water partition coefficient (Wildman–Crippen LogP) is 2.75. The summed E-state index contributed by atoms with van der Waals surface area (Å²) >= 11 is 3.33. The zero-order valence-corrected chi connectivity index (χ0v) is 10.5. The Morgan fingerprint density at radius 3 is 2.69 bits per heavy atom. The second-order valence-corrected chi connectivity index (χ2v) is 4.97. The van der Waals surface area contributed by atoms with Crippen molar-refractivity contribution < 1.29 is 9.18 Å². The Balaban J connectivity index is 2.03. The summed E-state index contributed by atoms with van der Waals surface area (Å²) in [5.41, 5.74) is 0.684. The van der Waals surface area contributed by atoms with Crippen molar-refractivity contribution >= 4 is 21.7 Å². The first-order valence-corrected chi connectivity index (χ1v) is 6.12. The van der Waals surface area contributed by atoms with Gasteiger partial charge in [0.1, 0.15) is 11.6 Å². The van der Waals surface area contributed by atoms with Crippen LogP contribution in [0, 0.1) is 5.82 Å². The molecule has 0 amide bonds. The molecule has 0 unspecified atom stereocenters. The largest absolute Gasteiger partial charge is 0.300 e. The van der Waals surface area contributed by atoms with E-state index in [2.05, 4.69) is 20.8 Å². The van der Waals surface area contributed by atoms with Gasteiger partial charge in [0.05, 0.1) is 0 Å². The number of rotatable bonds is 2. The van der Waals surface area contributed by atoms with Gasteiger partial charge in [-0.3, -0.25) is 9.69 Å². The lowest BCUT2D eigenvalue weighted by Crippen LogP contribution is -2.33. The van der Waals surface area contributed by atoms with Crippen LogP contribution in [0.1, 0.15) is 18.4 Å². The van der Waals surface area contributed by atoms with Crippen LogP contribution >= 0.6 is 15.9 Å². The smallest absolute Gasteiger partial charge is 0.135 e. The summed E-state index contributed by atoms with van der Waals surface area (Å²) in [6, 6.07) is 4.96. The molecule has 1 fully saturated rings. The van der Waals surface area contributed by atoms with Crippen LogP contribution in [0.3, 0.4) is 0 Å². The number of hydrogen-bond donors (Lipinski definition) is 0. The summed E-state index contributed by atoms with van der Waals surface area (Å²) in [5, 5.41) is 0. The van der Waals surface area contributed by atoms with Crippen molar-refractivity contribution in [2.75, 3.05) is 13.1 Å². The summed E-state index contributed by atoms with van der Waals surface area (Å²) in [6.45, 7) is 2.06. The molecule has 0 bridgehead atoms. The van der Waals surface area contributed by atoms with E-state index >= 15 is 0 Å². The van der Waals surface area contributed by atoms with Crippen LogP contribution < -0.4 is 0 Å². The highest BCUT2D eigenvalue weighted by atomic mass is 79.9. The van der Waals surface area contributed by atoms with Gasteiger partial charge in [-0.25, -0.2) is 4.39 Å². The molecule has 0 spiro atoms. The molecule has 1 aliphatic rings. The number of carbonyl (C=O) groups excluding carboxylic acids is 1. The maximum Gasteiger partial charge on any atom is 0.135 e. The molecule has 1 aromatic rings. The third-order valence-electron chi connectivity index (χ3n) is 2.82. The second-order valence-electron chi connectivity index (χ2n) is 4.05. The number of hydrogen-bond acceptors (Lipinski definition) is 2. The molecule has 0 aliphatic carbocycles. The first-order chi connectivity index (χ1) is 7.65. The highest BCUT2D eigenvalue weighted by molar-refractivity contribution is 9.10. The van der Waals surface area contributed by atoms with Crippen LogP contribution in [0.2, 0.25) is 0 Å². The average molecular weight is 286 g/mol. The number of ketones is 1. The Morgan fingerprint density at radius 2 is 2.00 bits per heavy atom. The fourth-order valence-electron chi connectivity index (χ4n) is 1.87. The minimum Gasteiger partial charge on any atom is -0.300 e. The molecule has 16 heavy (non-hydrogen) atoms. The minimum absolute atomic E-state index is 0.180. The predicted molar refractivity (Wildman–Crippen MR) is 63.6 cm³/mol. The molecule has 1 heterocycles. The molecular weight excluding hydrogens is 273 g/mol. The minimum atomic E-state index is -0.180. The molecule has 0 N–H and O–H groups in total. The third-order valence-corrected chi connectivity index (χ3v) is 3.31. The Kier molecular flexibility index (Phi) is 3.71. The Labute approximate surface area is 103 Å². The molecule has 0 aromatic heterocycles. The number of piperidine rings is 1. The van der Waals surface area contributed by atoms with Gasteiger partial charge in [0.25, 0.3) is 0 Å². The Hall–Kier alpha value is -0.740. The van der Waals surface area contributed by atoms with Gasteiger partial charge < -0.3 is 0 Å². The lowest BCUT2D eigenvalue weighted by molar-refractivity contribution is -0.121. The van der Waals surface area contributed by atoms with Gasteiger partial charge in [-0.1, -0.05) is 15.9 Å². The van der Waals surface area contributed by atoms with Gasteiger partial charge in [-0.15, -0.1) is 0 Å². The quantitative estimate of drug-likeness (QED) is 0.833. The molecular formula is C12H13BrFNO. The molecule has 0 radical (unpaired) electrons. The highest BCUT2D eigenvalue weighted by Crippen LogP contribution is 2.18. The van der Waals surface area contributed by atoms with Crippen molar-refractivity contribution in [2.24, 2.45) is 0 Å². The maximum absolute atomic E-state index is 13.5. The van der Waals surface area contributed by atoms with E-state index in [0.717, 1.165) is 17.6 Å². The first kappa shape index (κ1) is 11.7. The van der Waals surface area contributed by atoms with E-state index in [-0.39, 0.29) is 5.82 Å². The molecule has 0 atom stereocenters. The zero-order valence-electron chi connectivity index (χ0n) is 8.88. The summed E-state index contributed by atoms with van der Waals surface area (Å²) in [6.07, 6.45) is 1.19. The van der Waals surface area contributed by atoms with Gasteiger partial charge in [0.2, 0.25) is 0 Å². The molecule has 1 aliphatic heterocycles. The summed E-state index contributed by atoms with van der Waals surface area (Å²) in [5.74, 6) is 0.131. The molecule has 2 rings (SSSR count). The molecule has 2 nitrogen and oxygen atoms in total. The summed E-state index contributed by atoms with van der Waals surface area (Å²) in [7, 11) is 0. The molecule has 1 saturated heterocycles. The normalized spacial score (nSPS) is 17.8. The number of halogens is 2. The lowest BCUT2D eigenvalue weighted by Gasteiger charge is -2.25. The molecule has 1 aromatic carbocycles. The molecule has 0 saturated carbocycles. The number of nitrogens with zero attached hydrogens (tertiary/aromatic N) is 1. The van der Waals surface area contributed by atoms with Crippen molar-refractivity contribution in [1.29, 1.82) is 0 Å². The van der Waals surface area contributed by atoms with Crippen LogP contribution in [0.4, 0.5) is 4.39 Å². The molecule has 4 heteroatoms. The van der Waals surface area contributed by atoms with Crippen molar-refractivity contribution in [3.05, 3.63) is 34.1 Å². The van der Waals surface area contributed by atoms with E-state index in [4.69, 9.17) is 0 Å². The fourth-order valence-corrected chi connectivity index (χ4v) is 2.27. The topological polar surface area (TPSA) is 20.3 Å². The Bertz CT molecular complexity index is 398. The van der Waals surface area contributed by atoms with Crippen molar-refractivity contribution in [3.63, 3.8) is 0 Å². The van der Waals surface area contributed by atoms with E-state index in [1.165, 1.54) is 6.07 Å². The highest BCUT2D eigenvalue weighted by Gasteiger charge is 2.17. The lowest BCUT2D eigenvalue weighted by atomic mass is 10.1. The van der Waals surface area contributed by atoms with E-state index in [1.807, 2.05) is 0 Å². The van der Waals surface area contributed by atoms with Crippen LogP contribution in [0.5, 0.6) is 0 Å². The van der Waals surface area contributed by atoms with Gasteiger partial charge in [0.15, 0.2) is 0 Å². The number of carbonyl (C=O) groups is 1. The monoisotopic (exact) mass is 285 g/mol. The number of likely N-dealkylation sites (tertiary alicyclic amines) is 1. The van der Waals surface area contributed by atoms with E-state index in [0.29, 0.717) is 30.7 Å². The van der Waals surface area contributed by atoms with Crippen molar-refractivity contribution in [3.8, 4) is 0 Å². The molecule has 86 valence electrons. The Morgan fingerprint density at radius 1 is 1.31 bits per heavy atom. The van der Waals surface area contributed by atoms with Crippen LogP contribution in [-0.4, -0.2) is 23.8 Å². The van der Waals surface area contributed by atoms with Crippen LogP contribution in [0.25, 0.3) is 0 Å². The maximum atomic E-state index is 13.5. The first-order valence-electron chi connectivity index (χ1n) is 5.33.